The van der Waals surface area contributed by atoms with Crippen molar-refractivity contribution in [1.82, 2.24) is 9.29 Å². The summed E-state index contributed by atoms with van der Waals surface area (Å²) in [4.78, 5) is 6.48. The molecule has 0 aliphatic carbocycles. The Bertz CT molecular complexity index is 1320. The maximum absolute atomic E-state index is 13.1. The van der Waals surface area contributed by atoms with E-state index in [1.165, 1.54) is 22.6 Å². The van der Waals surface area contributed by atoms with Crippen molar-refractivity contribution >= 4 is 31.6 Å². The number of aromatic nitrogens is 1. The molecule has 0 bridgehead atoms. The average Bonchev–Trinajstić information content (AvgIpc) is 2.80. The highest BCUT2D eigenvalue weighted by atomic mass is 32.2. The molecule has 2 aromatic carbocycles. The van der Waals surface area contributed by atoms with Crippen LogP contribution < -0.4 is 9.62 Å². The highest BCUT2D eigenvalue weighted by Gasteiger charge is 2.29. The Balaban J connectivity index is 1.39. The van der Waals surface area contributed by atoms with Crippen LogP contribution >= 0.6 is 0 Å². The Morgan fingerprint density at radius 2 is 1.42 bits per heavy atom. The first kappa shape index (κ1) is 23.1. The van der Waals surface area contributed by atoms with Crippen molar-refractivity contribution in [2.24, 2.45) is 0 Å². The third kappa shape index (κ3) is 5.15. The number of piperazine rings is 1. The summed E-state index contributed by atoms with van der Waals surface area (Å²) in [6.07, 6.45) is 1.43. The second-order valence-electron chi connectivity index (χ2n) is 7.67. The number of nitrogens with zero attached hydrogens (tertiary/aromatic N) is 3. The van der Waals surface area contributed by atoms with Gasteiger partial charge in [0, 0.05) is 26.2 Å². The van der Waals surface area contributed by atoms with Crippen LogP contribution in [0.5, 0.6) is 0 Å². The number of hydrogen-bond donors (Lipinski definition) is 1. The molecular weight excluding hydrogens is 467 g/mol. The van der Waals surface area contributed by atoms with E-state index in [2.05, 4.69) is 9.71 Å². The van der Waals surface area contributed by atoms with Gasteiger partial charge in [-0.15, -0.1) is 0 Å². The molecule has 1 aliphatic heterocycles. The van der Waals surface area contributed by atoms with Crippen LogP contribution in [0, 0.1) is 12.7 Å². The second-order valence-corrected chi connectivity index (χ2v) is 11.3. The summed E-state index contributed by atoms with van der Waals surface area (Å²) in [5.74, 6) is 0.126. The first-order chi connectivity index (χ1) is 15.6. The maximum atomic E-state index is 13.1. The molecule has 1 fully saturated rings. The van der Waals surface area contributed by atoms with Gasteiger partial charge in [-0.1, -0.05) is 17.7 Å². The zero-order valence-electron chi connectivity index (χ0n) is 17.8. The highest BCUT2D eigenvalue weighted by Crippen LogP contribution is 2.22. The lowest BCUT2D eigenvalue weighted by molar-refractivity contribution is 0.384. The number of anilines is 2. The normalized spacial score (nSPS) is 15.4. The molecule has 33 heavy (non-hydrogen) atoms. The molecule has 1 aromatic heterocycles. The van der Waals surface area contributed by atoms with E-state index in [-0.39, 0.29) is 22.9 Å². The number of halogens is 1. The quantitative estimate of drug-likeness (QED) is 0.571. The zero-order chi connectivity index (χ0) is 23.6. The van der Waals surface area contributed by atoms with Crippen LogP contribution in [-0.2, 0) is 20.0 Å². The molecule has 1 aliphatic rings. The van der Waals surface area contributed by atoms with Crippen LogP contribution in [0.25, 0.3) is 0 Å². The van der Waals surface area contributed by atoms with Crippen molar-refractivity contribution in [2.75, 3.05) is 35.8 Å². The van der Waals surface area contributed by atoms with Crippen molar-refractivity contribution in [3.05, 3.63) is 78.2 Å². The van der Waals surface area contributed by atoms with Crippen molar-refractivity contribution in [3.8, 4) is 0 Å². The van der Waals surface area contributed by atoms with Crippen LogP contribution in [0.3, 0.4) is 0 Å². The molecule has 8 nitrogen and oxygen atoms in total. The smallest absolute Gasteiger partial charge is 0.261 e. The monoisotopic (exact) mass is 490 g/mol. The van der Waals surface area contributed by atoms with Crippen molar-refractivity contribution in [1.29, 1.82) is 0 Å². The largest absolute Gasteiger partial charge is 0.354 e. The predicted octanol–water partition coefficient (Wildman–Crippen LogP) is 2.84. The number of pyridine rings is 1. The van der Waals surface area contributed by atoms with Gasteiger partial charge in [0.25, 0.3) is 10.0 Å². The van der Waals surface area contributed by atoms with Crippen LogP contribution in [0.1, 0.15) is 5.56 Å². The summed E-state index contributed by atoms with van der Waals surface area (Å²) in [5.41, 5.74) is 1.29. The third-order valence-corrected chi connectivity index (χ3v) is 8.66. The van der Waals surface area contributed by atoms with Gasteiger partial charge in [-0.2, -0.15) is 4.31 Å². The summed E-state index contributed by atoms with van der Waals surface area (Å²) in [7, 11) is -7.42. The molecular formula is C22H23FN4O4S2. The minimum atomic E-state index is -3.72. The number of hydrogen-bond acceptors (Lipinski definition) is 6. The molecule has 0 radical (unpaired) electrons. The van der Waals surface area contributed by atoms with Crippen molar-refractivity contribution < 1.29 is 21.2 Å². The van der Waals surface area contributed by atoms with Crippen LogP contribution in [0.2, 0.25) is 0 Å². The fourth-order valence-corrected chi connectivity index (χ4v) is 5.94. The molecule has 1 N–H and O–H groups in total. The molecule has 3 aromatic rings. The Kier molecular flexibility index (Phi) is 6.37. The lowest BCUT2D eigenvalue weighted by Crippen LogP contribution is -2.48. The van der Waals surface area contributed by atoms with Crippen LogP contribution in [0.15, 0.2) is 76.7 Å². The molecule has 1 saturated heterocycles. The summed E-state index contributed by atoms with van der Waals surface area (Å²) >= 11 is 0. The number of aryl methyl sites for hydroxylation is 1. The summed E-state index contributed by atoms with van der Waals surface area (Å²) < 4.78 is 67.6. The molecule has 174 valence electrons. The molecule has 4 rings (SSSR count). The maximum Gasteiger partial charge on any atom is 0.261 e. The van der Waals surface area contributed by atoms with Crippen molar-refractivity contribution in [3.63, 3.8) is 0 Å². The number of rotatable bonds is 6. The summed E-state index contributed by atoms with van der Waals surface area (Å²) in [5, 5.41) is 0. The van der Waals surface area contributed by atoms with E-state index in [0.29, 0.717) is 24.6 Å². The van der Waals surface area contributed by atoms with Gasteiger partial charge < -0.3 is 4.90 Å². The first-order valence-electron chi connectivity index (χ1n) is 10.2. The van der Waals surface area contributed by atoms with Gasteiger partial charge in [0.05, 0.1) is 21.7 Å². The van der Waals surface area contributed by atoms with Gasteiger partial charge in [0.2, 0.25) is 10.0 Å². The molecule has 2 heterocycles. The highest BCUT2D eigenvalue weighted by molar-refractivity contribution is 7.92. The Morgan fingerprint density at radius 1 is 0.818 bits per heavy atom. The summed E-state index contributed by atoms with van der Waals surface area (Å²) in [6, 6.07) is 14.6. The predicted molar refractivity (Wildman–Crippen MR) is 124 cm³/mol. The minimum absolute atomic E-state index is 0.0562. The average molecular weight is 491 g/mol. The van der Waals surface area contributed by atoms with Gasteiger partial charge in [0.15, 0.2) is 0 Å². The summed E-state index contributed by atoms with van der Waals surface area (Å²) in [6.45, 7) is 3.22. The Labute approximate surface area is 192 Å². The zero-order valence-corrected chi connectivity index (χ0v) is 19.5. The molecule has 0 amide bonds. The van der Waals surface area contributed by atoms with Crippen LogP contribution in [-0.4, -0.2) is 52.3 Å². The van der Waals surface area contributed by atoms with Gasteiger partial charge in [-0.05, 0) is 55.5 Å². The van der Waals surface area contributed by atoms with Gasteiger partial charge in [0.1, 0.15) is 11.6 Å². The van der Waals surface area contributed by atoms with Gasteiger partial charge >= 0.3 is 0 Å². The molecule has 0 unspecified atom stereocenters. The van der Waals surface area contributed by atoms with Gasteiger partial charge in [-0.25, -0.2) is 26.2 Å². The topological polar surface area (TPSA) is 99.7 Å². The van der Waals surface area contributed by atoms with Crippen LogP contribution in [0.4, 0.5) is 15.9 Å². The standard InChI is InChI=1S/C22H23FN4O4S2/c1-17-2-7-20(8-3-17)32(28,29)25-19-6-11-22(24-16-19)26-12-14-27(15-13-26)33(30,31)21-9-4-18(23)5-10-21/h2-11,16,25H,12-15H2,1H3. The SMILES string of the molecule is Cc1ccc(S(=O)(=O)Nc2ccc(N3CCN(S(=O)(=O)c4ccc(F)cc4)CC3)nc2)cc1. The Morgan fingerprint density at radius 3 is 2.00 bits per heavy atom. The van der Waals surface area contributed by atoms with E-state index in [9.17, 15) is 21.2 Å². The third-order valence-electron chi connectivity index (χ3n) is 5.35. The number of sulfonamides is 2. The molecule has 0 saturated carbocycles. The van der Waals surface area contributed by atoms with E-state index in [0.717, 1.165) is 17.7 Å². The van der Waals surface area contributed by atoms with Gasteiger partial charge in [-0.3, -0.25) is 4.72 Å². The minimum Gasteiger partial charge on any atom is -0.354 e. The van der Waals surface area contributed by atoms with Crippen molar-refractivity contribution in [2.45, 2.75) is 16.7 Å². The molecule has 0 spiro atoms. The van der Waals surface area contributed by atoms with E-state index in [1.807, 2.05) is 11.8 Å². The van der Waals surface area contributed by atoms with E-state index in [1.54, 1.807) is 36.4 Å². The van der Waals surface area contributed by atoms with E-state index < -0.39 is 25.9 Å². The van der Waals surface area contributed by atoms with E-state index >= 15 is 0 Å². The lowest BCUT2D eigenvalue weighted by Gasteiger charge is -2.34. The number of benzene rings is 2. The van der Waals surface area contributed by atoms with E-state index in [4.69, 9.17) is 0 Å². The lowest BCUT2D eigenvalue weighted by atomic mass is 10.2. The fourth-order valence-electron chi connectivity index (χ4n) is 3.48. The first-order valence-corrected chi connectivity index (χ1v) is 13.1. The second kappa shape index (κ2) is 9.08. The molecule has 11 heteroatoms. The fraction of sp³-hybridized carbons (Fsp3) is 0.227. The molecule has 0 atom stereocenters. The number of nitrogens with one attached hydrogen (secondary N) is 1. The Hall–Kier alpha value is -3.02.